The number of hydrogen-bond donors (Lipinski definition) is 0. The second-order valence-electron chi connectivity index (χ2n) is 11.0. The molecule has 2 heterocycles. The van der Waals surface area contributed by atoms with Crippen molar-refractivity contribution in [2.45, 2.75) is 18.4 Å². The maximum atomic E-state index is 13.5. The zero-order valence-electron chi connectivity index (χ0n) is 24.8. The van der Waals surface area contributed by atoms with Crippen LogP contribution in [0.4, 0.5) is 0 Å². The minimum absolute atomic E-state index is 0.0270. The summed E-state index contributed by atoms with van der Waals surface area (Å²) in [5.74, 6) is 0.633. The van der Waals surface area contributed by atoms with Gasteiger partial charge in [0.15, 0.2) is 0 Å². The van der Waals surface area contributed by atoms with Gasteiger partial charge in [-0.1, -0.05) is 109 Å². The fourth-order valence-electron chi connectivity index (χ4n) is 5.74. The highest BCUT2D eigenvalue weighted by molar-refractivity contribution is 7.87. The van der Waals surface area contributed by atoms with Crippen LogP contribution in [-0.4, -0.2) is 18.0 Å². The minimum Gasteiger partial charge on any atom is -0.488 e. The Morgan fingerprint density at radius 2 is 1.42 bits per heavy atom. The van der Waals surface area contributed by atoms with Gasteiger partial charge in [-0.15, -0.1) is 0 Å². The Kier molecular flexibility index (Phi) is 7.31. The van der Waals surface area contributed by atoms with Crippen molar-refractivity contribution in [1.82, 2.24) is 9.55 Å². The molecule has 0 aliphatic rings. The van der Waals surface area contributed by atoms with Gasteiger partial charge in [-0.3, -0.25) is 0 Å². The molecule has 6 nitrogen and oxygen atoms in total. The quantitative estimate of drug-likeness (QED) is 0.161. The normalized spacial score (nSPS) is 11.6. The number of aryl methyl sites for hydroxylation is 2. The molecule has 0 aliphatic heterocycles. The van der Waals surface area contributed by atoms with E-state index in [-0.39, 0.29) is 10.8 Å². The smallest absolute Gasteiger partial charge is 0.340 e. The van der Waals surface area contributed by atoms with Crippen LogP contribution in [-0.2, 0) is 23.8 Å². The molecule has 0 aliphatic carbocycles. The lowest BCUT2D eigenvalue weighted by molar-refractivity contribution is 0.307. The number of fused-ring (bicyclic) bond motifs is 3. The van der Waals surface area contributed by atoms with Crippen LogP contribution in [0.15, 0.2) is 138 Å². The maximum Gasteiger partial charge on any atom is 0.340 e. The highest BCUT2D eigenvalue weighted by Gasteiger charge is 2.25. The molecule has 7 aromatic rings. The summed E-state index contributed by atoms with van der Waals surface area (Å²) in [6.45, 7) is 2.27. The number of ether oxygens (including phenoxy) is 1. The molecule has 5 aromatic carbocycles. The highest BCUT2D eigenvalue weighted by atomic mass is 32.2. The Hall–Kier alpha value is -5.40. The Labute approximate surface area is 262 Å². The molecule has 45 heavy (non-hydrogen) atoms. The van der Waals surface area contributed by atoms with Crippen molar-refractivity contribution in [3.63, 3.8) is 0 Å². The minimum atomic E-state index is -4.16. The summed E-state index contributed by atoms with van der Waals surface area (Å²) >= 11 is 0. The molecule has 0 unspecified atom stereocenters. The third kappa shape index (κ3) is 5.43. The topological polar surface area (TPSA) is 70.4 Å². The lowest BCUT2D eigenvalue weighted by Gasteiger charge is -2.18. The zero-order chi connectivity index (χ0) is 31.0. The van der Waals surface area contributed by atoms with Crippen molar-refractivity contribution in [3.05, 3.63) is 145 Å². The van der Waals surface area contributed by atoms with Crippen molar-refractivity contribution in [2.75, 3.05) is 0 Å². The molecule has 0 atom stereocenters. The highest BCUT2D eigenvalue weighted by Crippen LogP contribution is 2.46. The van der Waals surface area contributed by atoms with E-state index in [1.54, 1.807) is 30.3 Å². The molecule has 0 fully saturated rings. The van der Waals surface area contributed by atoms with E-state index in [2.05, 4.69) is 24.3 Å². The van der Waals surface area contributed by atoms with E-state index in [1.165, 1.54) is 0 Å². The van der Waals surface area contributed by atoms with Crippen LogP contribution in [0, 0.1) is 6.92 Å². The summed E-state index contributed by atoms with van der Waals surface area (Å²) in [5.41, 5.74) is 7.06. The Morgan fingerprint density at radius 3 is 2.18 bits per heavy atom. The zero-order valence-corrected chi connectivity index (χ0v) is 25.7. The van der Waals surface area contributed by atoms with Crippen LogP contribution in [0.2, 0.25) is 0 Å². The lowest BCUT2D eigenvalue weighted by atomic mass is 9.92. The van der Waals surface area contributed by atoms with E-state index in [9.17, 15) is 8.42 Å². The van der Waals surface area contributed by atoms with Crippen LogP contribution in [0.1, 0.15) is 11.1 Å². The van der Waals surface area contributed by atoms with Crippen LogP contribution >= 0.6 is 0 Å². The van der Waals surface area contributed by atoms with Crippen LogP contribution in [0.25, 0.3) is 44.2 Å². The van der Waals surface area contributed by atoms with E-state index >= 15 is 0 Å². The first-order chi connectivity index (χ1) is 21.9. The number of nitrogens with zero attached hydrogens (tertiary/aromatic N) is 2. The van der Waals surface area contributed by atoms with Gasteiger partial charge in [0.1, 0.15) is 22.9 Å². The number of aromatic nitrogens is 2. The monoisotopic (exact) mass is 610 g/mol. The van der Waals surface area contributed by atoms with Crippen molar-refractivity contribution >= 4 is 32.1 Å². The molecule has 0 amide bonds. The van der Waals surface area contributed by atoms with E-state index in [0.717, 1.165) is 49.7 Å². The van der Waals surface area contributed by atoms with Crippen LogP contribution in [0.5, 0.6) is 11.6 Å². The van der Waals surface area contributed by atoms with Gasteiger partial charge in [0, 0.05) is 35.0 Å². The number of pyridine rings is 1. The standard InChI is InChI=1S/C38H30N2O4S/c1-26-20-22-29(23-21-26)45(41,42)44-35-24-32(37-31-16-9-10-18-33(31)40(2)38(37)39-35)36-30(28-14-7-4-8-15-28)17-11-19-34(36)43-25-27-12-5-3-6-13-27/h3-24H,25H2,1-2H3. The predicted molar refractivity (Wildman–Crippen MR) is 179 cm³/mol. The molecular formula is C38H30N2O4S. The van der Waals surface area contributed by atoms with Gasteiger partial charge in [-0.25, -0.2) is 0 Å². The predicted octanol–water partition coefficient (Wildman–Crippen LogP) is 8.72. The molecule has 0 spiro atoms. The fourth-order valence-corrected chi connectivity index (χ4v) is 6.61. The number of para-hydroxylation sites is 1. The number of rotatable bonds is 8. The van der Waals surface area contributed by atoms with E-state index in [4.69, 9.17) is 13.9 Å². The third-order valence-corrected chi connectivity index (χ3v) is 9.19. The first-order valence-corrected chi connectivity index (χ1v) is 16.0. The number of hydrogen-bond acceptors (Lipinski definition) is 5. The van der Waals surface area contributed by atoms with Gasteiger partial charge in [0.25, 0.3) is 0 Å². The summed E-state index contributed by atoms with van der Waals surface area (Å²) in [6, 6.07) is 42.4. The van der Waals surface area contributed by atoms with Crippen LogP contribution in [0.3, 0.4) is 0 Å². The summed E-state index contributed by atoms with van der Waals surface area (Å²) < 4.78 is 41.2. The van der Waals surface area contributed by atoms with Crippen molar-refractivity contribution in [1.29, 1.82) is 0 Å². The van der Waals surface area contributed by atoms with Crippen LogP contribution < -0.4 is 8.92 Å². The van der Waals surface area contributed by atoms with Crippen molar-refractivity contribution in [3.8, 4) is 33.9 Å². The van der Waals surface area contributed by atoms with Gasteiger partial charge in [0.05, 0.1) is 5.52 Å². The largest absolute Gasteiger partial charge is 0.488 e. The van der Waals surface area contributed by atoms with E-state index in [0.29, 0.717) is 18.0 Å². The third-order valence-electron chi connectivity index (χ3n) is 7.95. The Morgan fingerprint density at radius 1 is 0.733 bits per heavy atom. The average molecular weight is 611 g/mol. The van der Waals surface area contributed by atoms with Gasteiger partial charge in [0.2, 0.25) is 5.88 Å². The first-order valence-electron chi connectivity index (χ1n) is 14.6. The second-order valence-corrected chi connectivity index (χ2v) is 12.5. The SMILES string of the molecule is Cc1ccc(S(=O)(=O)Oc2cc(-c3c(OCc4ccccc4)cccc3-c3ccccc3)c3c4ccccc4n(C)c3n2)cc1. The maximum absolute atomic E-state index is 13.5. The molecule has 2 aromatic heterocycles. The molecule has 222 valence electrons. The van der Waals surface area contributed by atoms with Crippen molar-refractivity contribution < 1.29 is 17.3 Å². The average Bonchev–Trinajstić information content (AvgIpc) is 3.35. The van der Waals surface area contributed by atoms with Gasteiger partial charge in [-0.05, 0) is 47.9 Å². The summed E-state index contributed by atoms with van der Waals surface area (Å²) in [7, 11) is -2.24. The van der Waals surface area contributed by atoms with Gasteiger partial charge < -0.3 is 13.5 Å². The van der Waals surface area contributed by atoms with Gasteiger partial charge >= 0.3 is 10.1 Å². The molecule has 0 N–H and O–H groups in total. The molecule has 0 saturated carbocycles. The Bertz CT molecular complexity index is 2260. The molecule has 0 radical (unpaired) electrons. The second kappa shape index (κ2) is 11.6. The van der Waals surface area contributed by atoms with E-state index < -0.39 is 10.1 Å². The Balaban J connectivity index is 1.49. The molecule has 0 bridgehead atoms. The molecule has 0 saturated heterocycles. The van der Waals surface area contributed by atoms with E-state index in [1.807, 2.05) is 97.4 Å². The lowest BCUT2D eigenvalue weighted by Crippen LogP contribution is -2.11. The fraction of sp³-hybridized carbons (Fsp3) is 0.0789. The number of benzene rings is 5. The summed E-state index contributed by atoms with van der Waals surface area (Å²) in [4.78, 5) is 4.83. The first kappa shape index (κ1) is 28.4. The summed E-state index contributed by atoms with van der Waals surface area (Å²) in [5, 5.41) is 1.86. The molecule has 7 heteroatoms. The van der Waals surface area contributed by atoms with Crippen molar-refractivity contribution in [2.24, 2.45) is 7.05 Å². The molecule has 7 rings (SSSR count). The molecular weight excluding hydrogens is 580 g/mol. The van der Waals surface area contributed by atoms with Gasteiger partial charge in [-0.2, -0.15) is 13.4 Å². The summed E-state index contributed by atoms with van der Waals surface area (Å²) in [6.07, 6.45) is 0.